The van der Waals surface area contributed by atoms with E-state index < -0.39 is 16.1 Å². The van der Waals surface area contributed by atoms with Crippen molar-refractivity contribution in [2.75, 3.05) is 35.7 Å². The van der Waals surface area contributed by atoms with E-state index in [1.807, 2.05) is 0 Å². The normalized spacial score (nSPS) is 12.8. The first-order valence-electron chi connectivity index (χ1n) is 9.93. The highest BCUT2D eigenvalue weighted by molar-refractivity contribution is 7.92. The van der Waals surface area contributed by atoms with Crippen molar-refractivity contribution in [2.45, 2.75) is 11.3 Å². The zero-order valence-corrected chi connectivity index (χ0v) is 18.5. The molecule has 1 aliphatic rings. The largest absolute Gasteiger partial charge is 0.493 e. The molecule has 9 heteroatoms. The van der Waals surface area contributed by atoms with Gasteiger partial charge in [-0.1, -0.05) is 18.2 Å². The summed E-state index contributed by atoms with van der Waals surface area (Å²) in [6.07, 6.45) is 0.564. The zero-order chi connectivity index (χ0) is 22.7. The molecular weight excluding hydrogens is 430 g/mol. The summed E-state index contributed by atoms with van der Waals surface area (Å²) in [7, 11) is -0.569. The van der Waals surface area contributed by atoms with Crippen molar-refractivity contribution in [3.8, 4) is 11.5 Å². The van der Waals surface area contributed by atoms with Gasteiger partial charge in [0.15, 0.2) is 11.5 Å². The minimum absolute atomic E-state index is 0.254. The molecule has 0 saturated carbocycles. The second kappa shape index (κ2) is 8.80. The Bertz CT molecular complexity index is 1250. The van der Waals surface area contributed by atoms with Crippen LogP contribution in [0.2, 0.25) is 0 Å². The number of anilines is 3. The van der Waals surface area contributed by atoms with E-state index in [0.717, 1.165) is 5.56 Å². The van der Waals surface area contributed by atoms with E-state index in [1.54, 1.807) is 66.7 Å². The molecule has 2 N–H and O–H groups in total. The summed E-state index contributed by atoms with van der Waals surface area (Å²) in [5, 5.41) is 5.53. The van der Waals surface area contributed by atoms with E-state index in [9.17, 15) is 13.2 Å². The van der Waals surface area contributed by atoms with E-state index in [-0.39, 0.29) is 4.90 Å². The van der Waals surface area contributed by atoms with E-state index in [1.165, 1.54) is 18.5 Å². The number of benzene rings is 3. The quantitative estimate of drug-likeness (QED) is 0.586. The predicted molar refractivity (Wildman–Crippen MR) is 123 cm³/mol. The number of carbonyl (C=O) groups is 1. The monoisotopic (exact) mass is 453 g/mol. The first kappa shape index (κ1) is 21.5. The Morgan fingerprint density at radius 1 is 0.875 bits per heavy atom. The lowest BCUT2D eigenvalue weighted by Gasteiger charge is -2.19. The van der Waals surface area contributed by atoms with Gasteiger partial charge in [-0.15, -0.1) is 0 Å². The molecule has 2 amide bonds. The number of rotatable bonds is 6. The maximum absolute atomic E-state index is 13.0. The van der Waals surface area contributed by atoms with Crippen molar-refractivity contribution >= 4 is 33.1 Å². The van der Waals surface area contributed by atoms with Gasteiger partial charge in [-0.25, -0.2) is 13.2 Å². The topological polar surface area (TPSA) is 97.0 Å². The Hall–Kier alpha value is -3.72. The Balaban J connectivity index is 1.48. The number of amides is 2. The molecule has 0 fully saturated rings. The van der Waals surface area contributed by atoms with Crippen LogP contribution in [0.15, 0.2) is 71.6 Å². The van der Waals surface area contributed by atoms with Crippen LogP contribution in [0.4, 0.5) is 21.9 Å². The number of urea groups is 1. The van der Waals surface area contributed by atoms with Gasteiger partial charge in [-0.2, -0.15) is 0 Å². The lowest BCUT2D eigenvalue weighted by Crippen LogP contribution is -2.29. The van der Waals surface area contributed by atoms with Crippen LogP contribution in [0.1, 0.15) is 5.56 Å². The Morgan fingerprint density at radius 3 is 2.22 bits per heavy atom. The highest BCUT2D eigenvalue weighted by Gasteiger charge is 2.30. The second-order valence-corrected chi connectivity index (χ2v) is 8.99. The first-order chi connectivity index (χ1) is 15.4. The zero-order valence-electron chi connectivity index (χ0n) is 17.7. The third-order valence-corrected chi connectivity index (χ3v) is 6.99. The summed E-state index contributed by atoms with van der Waals surface area (Å²) in [6, 6.07) is 18.2. The van der Waals surface area contributed by atoms with Crippen LogP contribution in [0.25, 0.3) is 0 Å². The number of nitrogens with zero attached hydrogens (tertiary/aromatic N) is 1. The van der Waals surface area contributed by atoms with Crippen LogP contribution in [0, 0.1) is 0 Å². The minimum atomic E-state index is -3.63. The average molecular weight is 454 g/mol. The maximum atomic E-state index is 13.0. The molecule has 4 rings (SSSR count). The molecule has 0 aliphatic carbocycles. The van der Waals surface area contributed by atoms with Gasteiger partial charge in [0, 0.05) is 24.0 Å². The van der Waals surface area contributed by atoms with Gasteiger partial charge in [0.05, 0.1) is 24.8 Å². The van der Waals surface area contributed by atoms with E-state index in [0.29, 0.717) is 41.5 Å². The average Bonchev–Trinajstić information content (AvgIpc) is 3.23. The van der Waals surface area contributed by atoms with Crippen LogP contribution in [-0.2, 0) is 16.4 Å². The molecule has 0 saturated heterocycles. The molecule has 0 radical (unpaired) electrons. The molecule has 8 nitrogen and oxygen atoms in total. The van der Waals surface area contributed by atoms with Crippen LogP contribution in [0.3, 0.4) is 0 Å². The fraction of sp³-hybridized carbons (Fsp3) is 0.174. The molecule has 3 aromatic rings. The summed E-state index contributed by atoms with van der Waals surface area (Å²) >= 11 is 0. The van der Waals surface area contributed by atoms with Gasteiger partial charge >= 0.3 is 6.03 Å². The van der Waals surface area contributed by atoms with E-state index >= 15 is 0 Å². The number of methoxy groups -OCH3 is 2. The third kappa shape index (κ3) is 4.19. The number of carbonyl (C=O) groups excluding carboxylic acids is 1. The molecule has 3 aromatic carbocycles. The van der Waals surface area contributed by atoms with Gasteiger partial charge in [-0.3, -0.25) is 4.31 Å². The van der Waals surface area contributed by atoms with Gasteiger partial charge in [0.25, 0.3) is 10.0 Å². The standard InChI is InChI=1S/C23H23N3O5S/c1-30-21-11-9-18(15-22(21)31-2)25-23(27)24-17-8-10-20-16(14-17)12-13-26(20)32(28,29)19-6-4-3-5-7-19/h3-11,14-15H,12-13H2,1-2H3,(H2,24,25,27). The smallest absolute Gasteiger partial charge is 0.323 e. The minimum Gasteiger partial charge on any atom is -0.493 e. The Labute approximate surface area is 186 Å². The number of nitrogens with one attached hydrogen (secondary N) is 2. The number of hydrogen-bond acceptors (Lipinski definition) is 5. The van der Waals surface area contributed by atoms with E-state index in [2.05, 4.69) is 10.6 Å². The SMILES string of the molecule is COc1ccc(NC(=O)Nc2ccc3c(c2)CCN3S(=O)(=O)c2ccccc2)cc1OC. The fourth-order valence-corrected chi connectivity index (χ4v) is 5.15. The molecule has 1 heterocycles. The molecular formula is C23H23N3O5S. The number of hydrogen-bond donors (Lipinski definition) is 2. The van der Waals surface area contributed by atoms with Crippen LogP contribution < -0.4 is 24.4 Å². The Morgan fingerprint density at radius 2 is 1.53 bits per heavy atom. The van der Waals surface area contributed by atoms with Gasteiger partial charge < -0.3 is 20.1 Å². The lowest BCUT2D eigenvalue weighted by molar-refractivity contribution is 0.262. The second-order valence-electron chi connectivity index (χ2n) is 7.13. The predicted octanol–water partition coefficient (Wildman–Crippen LogP) is 4.10. The summed E-state index contributed by atoms with van der Waals surface area (Å²) in [6.45, 7) is 0.355. The summed E-state index contributed by atoms with van der Waals surface area (Å²) in [4.78, 5) is 12.7. The van der Waals surface area contributed by atoms with Crippen molar-refractivity contribution in [2.24, 2.45) is 0 Å². The summed E-state index contributed by atoms with van der Waals surface area (Å²) < 4.78 is 37.8. The highest BCUT2D eigenvalue weighted by atomic mass is 32.2. The lowest BCUT2D eigenvalue weighted by atomic mass is 10.1. The number of sulfonamides is 1. The number of ether oxygens (including phenoxy) is 2. The summed E-state index contributed by atoms with van der Waals surface area (Å²) in [5.74, 6) is 1.06. The van der Waals surface area contributed by atoms with Crippen LogP contribution >= 0.6 is 0 Å². The Kier molecular flexibility index (Phi) is 5.91. The number of fused-ring (bicyclic) bond motifs is 1. The highest BCUT2D eigenvalue weighted by Crippen LogP contribution is 2.35. The van der Waals surface area contributed by atoms with Gasteiger partial charge in [-0.05, 0) is 54.4 Å². The molecule has 0 aromatic heterocycles. The molecule has 0 bridgehead atoms. The molecule has 32 heavy (non-hydrogen) atoms. The summed E-state index contributed by atoms with van der Waals surface area (Å²) in [5.41, 5.74) is 2.59. The third-order valence-electron chi connectivity index (χ3n) is 5.16. The van der Waals surface area contributed by atoms with Crippen molar-refractivity contribution < 1.29 is 22.7 Å². The van der Waals surface area contributed by atoms with Gasteiger partial charge in [0.2, 0.25) is 0 Å². The fourth-order valence-electron chi connectivity index (χ4n) is 3.63. The van der Waals surface area contributed by atoms with Crippen molar-refractivity contribution in [3.63, 3.8) is 0 Å². The van der Waals surface area contributed by atoms with Gasteiger partial charge in [0.1, 0.15) is 0 Å². The van der Waals surface area contributed by atoms with Crippen LogP contribution in [-0.4, -0.2) is 35.2 Å². The van der Waals surface area contributed by atoms with Crippen LogP contribution in [0.5, 0.6) is 11.5 Å². The van der Waals surface area contributed by atoms with Crippen molar-refractivity contribution in [1.82, 2.24) is 0 Å². The first-order valence-corrected chi connectivity index (χ1v) is 11.4. The molecule has 0 spiro atoms. The van der Waals surface area contributed by atoms with Crippen molar-refractivity contribution in [3.05, 3.63) is 72.3 Å². The maximum Gasteiger partial charge on any atom is 0.323 e. The van der Waals surface area contributed by atoms with Crippen molar-refractivity contribution in [1.29, 1.82) is 0 Å². The molecule has 0 unspecified atom stereocenters. The molecule has 1 aliphatic heterocycles. The molecule has 166 valence electrons. The molecule has 0 atom stereocenters. The van der Waals surface area contributed by atoms with E-state index in [4.69, 9.17) is 9.47 Å².